The fourth-order valence-electron chi connectivity index (χ4n) is 2.68. The van der Waals surface area contributed by atoms with Crippen LogP contribution in [0.4, 0.5) is 0 Å². The maximum absolute atomic E-state index is 13.1. The number of hydrogen-bond donors (Lipinski definition) is 0. The maximum Gasteiger partial charge on any atom is 0.254 e. The van der Waals surface area contributed by atoms with Gasteiger partial charge in [-0.1, -0.05) is 31.5 Å². The van der Waals surface area contributed by atoms with Crippen molar-refractivity contribution in [2.24, 2.45) is 5.41 Å². The zero-order chi connectivity index (χ0) is 16.7. The highest BCUT2D eigenvalue weighted by molar-refractivity contribution is 8.03. The molecule has 2 heterocycles. The molecule has 0 aliphatic carbocycles. The van der Waals surface area contributed by atoms with Crippen molar-refractivity contribution in [1.29, 1.82) is 0 Å². The lowest BCUT2D eigenvalue weighted by atomic mass is 9.97. The summed E-state index contributed by atoms with van der Waals surface area (Å²) >= 11 is 1.64. The summed E-state index contributed by atoms with van der Waals surface area (Å²) in [4.78, 5) is 13.7. The van der Waals surface area contributed by atoms with Crippen molar-refractivity contribution < 1.29 is 18.1 Å². The van der Waals surface area contributed by atoms with Crippen molar-refractivity contribution in [3.8, 4) is 0 Å². The molecule has 0 N–H and O–H groups in total. The van der Waals surface area contributed by atoms with Crippen LogP contribution in [0.15, 0.2) is 29.2 Å². The first-order valence-corrected chi connectivity index (χ1v) is 11.7. The van der Waals surface area contributed by atoms with Gasteiger partial charge in [0.1, 0.15) is 13.2 Å². The average Bonchev–Trinajstić information content (AvgIpc) is 2.87. The molecule has 4 nitrogen and oxygen atoms in total. The van der Waals surface area contributed by atoms with Crippen molar-refractivity contribution in [2.45, 2.75) is 42.3 Å². The third-order valence-corrected chi connectivity index (χ3v) is 10.8. The second-order valence-electron chi connectivity index (χ2n) is 6.98. The Bertz CT molecular complexity index is 580. The first-order chi connectivity index (χ1) is 10.8. The first-order valence-electron chi connectivity index (χ1n) is 7.78. The second kappa shape index (κ2) is 6.74. The van der Waals surface area contributed by atoms with E-state index in [0.29, 0.717) is 19.0 Å². The van der Waals surface area contributed by atoms with Gasteiger partial charge in [0, 0.05) is 16.1 Å². The van der Waals surface area contributed by atoms with Gasteiger partial charge in [-0.05, 0) is 25.5 Å². The Morgan fingerprint density at radius 1 is 1.26 bits per heavy atom. The van der Waals surface area contributed by atoms with Crippen LogP contribution in [0.25, 0.3) is 0 Å². The van der Waals surface area contributed by atoms with E-state index in [1.54, 1.807) is 11.8 Å². The molecule has 2 aliphatic heterocycles. The SMILES string of the molecule is Cc1ccc(SC2CCS(=O)C2[P+]2([O-])OCC(C)(C)CO2)cc1. The van der Waals surface area contributed by atoms with E-state index in [2.05, 4.69) is 24.3 Å². The first kappa shape index (κ1) is 17.8. The normalized spacial score (nSPS) is 32.8. The topological polar surface area (TPSA) is 58.6 Å². The molecule has 3 atom stereocenters. The van der Waals surface area contributed by atoms with Gasteiger partial charge in [0.2, 0.25) is 4.99 Å². The monoisotopic (exact) mass is 374 g/mol. The molecule has 2 fully saturated rings. The summed E-state index contributed by atoms with van der Waals surface area (Å²) in [6.07, 6.45) is 0.774. The fourth-order valence-corrected chi connectivity index (χ4v) is 10.0. The van der Waals surface area contributed by atoms with E-state index in [0.717, 1.165) is 11.3 Å². The van der Waals surface area contributed by atoms with E-state index in [9.17, 15) is 9.10 Å². The van der Waals surface area contributed by atoms with Crippen LogP contribution in [0.3, 0.4) is 0 Å². The van der Waals surface area contributed by atoms with Crippen LogP contribution < -0.4 is 4.89 Å². The highest BCUT2D eigenvalue weighted by Crippen LogP contribution is 2.66. The van der Waals surface area contributed by atoms with Crippen LogP contribution in [0.1, 0.15) is 25.8 Å². The lowest BCUT2D eigenvalue weighted by molar-refractivity contribution is -0.234. The molecule has 0 radical (unpaired) electrons. The van der Waals surface area contributed by atoms with E-state index >= 15 is 0 Å². The van der Waals surface area contributed by atoms with Gasteiger partial charge in [0.05, 0.1) is 16.0 Å². The smallest absolute Gasteiger partial charge is 0.254 e. The third kappa shape index (κ3) is 4.00. The summed E-state index contributed by atoms with van der Waals surface area (Å²) in [5.41, 5.74) is 1.06. The van der Waals surface area contributed by atoms with Gasteiger partial charge in [-0.2, -0.15) is 0 Å². The molecule has 2 saturated heterocycles. The molecule has 23 heavy (non-hydrogen) atoms. The van der Waals surface area contributed by atoms with Crippen molar-refractivity contribution in [3.05, 3.63) is 29.8 Å². The molecule has 0 saturated carbocycles. The van der Waals surface area contributed by atoms with Crippen LogP contribution in [0.2, 0.25) is 0 Å². The lowest BCUT2D eigenvalue weighted by Gasteiger charge is -2.41. The Morgan fingerprint density at radius 3 is 2.48 bits per heavy atom. The number of aryl methyl sites for hydroxylation is 1. The fraction of sp³-hybridized carbons (Fsp3) is 0.625. The molecular formula is C16H23O4PS2. The highest BCUT2D eigenvalue weighted by atomic mass is 32.2. The van der Waals surface area contributed by atoms with Gasteiger partial charge in [-0.3, -0.25) is 4.21 Å². The van der Waals surface area contributed by atoms with E-state index in [1.165, 1.54) is 5.56 Å². The zero-order valence-electron chi connectivity index (χ0n) is 13.7. The Hall–Kier alpha value is 0.0300. The van der Waals surface area contributed by atoms with Crippen LogP contribution in [0.5, 0.6) is 0 Å². The number of hydrogen-bond acceptors (Lipinski definition) is 5. The molecule has 3 unspecified atom stereocenters. The van der Waals surface area contributed by atoms with Gasteiger partial charge in [-0.25, -0.2) is 9.05 Å². The summed E-state index contributed by atoms with van der Waals surface area (Å²) in [6.45, 7) is 6.85. The molecular weight excluding hydrogens is 351 g/mol. The molecule has 0 aromatic heterocycles. The lowest BCUT2D eigenvalue weighted by Crippen LogP contribution is -2.42. The van der Waals surface area contributed by atoms with E-state index in [4.69, 9.17) is 9.05 Å². The standard InChI is InChI=1S/C16H23O4PS2/c1-12-4-6-13(7-5-12)22-14-8-9-23(18)15(14)21(17)19-10-16(2,3)11-20-21/h4-7,14-15H,8-11H2,1-3H3. The summed E-state index contributed by atoms with van der Waals surface area (Å²) in [6, 6.07) is 8.23. The van der Waals surface area contributed by atoms with Crippen LogP contribution in [-0.4, -0.2) is 33.4 Å². The Labute approximate surface area is 145 Å². The predicted octanol–water partition coefficient (Wildman–Crippen LogP) is 3.13. The number of benzene rings is 1. The minimum Gasteiger partial charge on any atom is -0.630 e. The van der Waals surface area contributed by atoms with Crippen molar-refractivity contribution in [1.82, 2.24) is 0 Å². The minimum absolute atomic E-state index is 0.00517. The van der Waals surface area contributed by atoms with Crippen LogP contribution in [0, 0.1) is 12.3 Å². The summed E-state index contributed by atoms with van der Waals surface area (Å²) < 4.78 is 23.8. The van der Waals surface area contributed by atoms with Crippen LogP contribution in [-0.2, 0) is 19.8 Å². The van der Waals surface area contributed by atoms with Gasteiger partial charge < -0.3 is 4.89 Å². The summed E-state index contributed by atoms with van der Waals surface area (Å²) in [5, 5.41) is 0.00517. The van der Waals surface area contributed by atoms with E-state index < -0.39 is 23.7 Å². The average molecular weight is 374 g/mol. The molecule has 128 valence electrons. The van der Waals surface area contributed by atoms with Crippen molar-refractivity contribution >= 4 is 30.5 Å². The molecule has 0 amide bonds. The summed E-state index contributed by atoms with van der Waals surface area (Å²) in [7, 11) is -4.49. The third-order valence-electron chi connectivity index (χ3n) is 4.08. The zero-order valence-corrected chi connectivity index (χ0v) is 16.2. The van der Waals surface area contributed by atoms with Gasteiger partial charge in [-0.15, -0.1) is 11.8 Å². The quantitative estimate of drug-likeness (QED) is 0.761. The molecule has 0 spiro atoms. The highest BCUT2D eigenvalue weighted by Gasteiger charge is 2.56. The molecule has 1 aromatic carbocycles. The van der Waals surface area contributed by atoms with Gasteiger partial charge >= 0.3 is 0 Å². The Balaban J connectivity index is 1.76. The molecule has 7 heteroatoms. The van der Waals surface area contributed by atoms with Crippen LogP contribution >= 0.6 is 19.7 Å². The van der Waals surface area contributed by atoms with E-state index in [1.807, 2.05) is 20.8 Å². The number of thioether (sulfide) groups is 1. The predicted molar refractivity (Wildman–Crippen MR) is 94.8 cm³/mol. The van der Waals surface area contributed by atoms with Crippen molar-refractivity contribution in [2.75, 3.05) is 19.0 Å². The molecule has 2 aliphatic rings. The van der Waals surface area contributed by atoms with Gasteiger partial charge in [0.15, 0.2) is 0 Å². The van der Waals surface area contributed by atoms with Crippen molar-refractivity contribution in [3.63, 3.8) is 0 Å². The largest absolute Gasteiger partial charge is 0.630 e. The summed E-state index contributed by atoms with van der Waals surface area (Å²) in [5.74, 6) is 0.564. The van der Waals surface area contributed by atoms with E-state index in [-0.39, 0.29) is 10.7 Å². The maximum atomic E-state index is 13.1. The molecule has 0 bridgehead atoms. The molecule has 1 aromatic rings. The number of rotatable bonds is 3. The van der Waals surface area contributed by atoms with Gasteiger partial charge in [0.25, 0.3) is 7.94 Å². The molecule has 3 rings (SSSR count). The Morgan fingerprint density at radius 2 is 1.87 bits per heavy atom. The second-order valence-corrected chi connectivity index (χ2v) is 12.5. The Kier molecular flexibility index (Phi) is 5.23. The minimum atomic E-state index is -3.32.